The third-order valence-corrected chi connectivity index (χ3v) is 2.33. The van der Waals surface area contributed by atoms with Crippen molar-refractivity contribution in [3.05, 3.63) is 18.3 Å². The molecule has 4 nitrogen and oxygen atoms in total. The quantitative estimate of drug-likeness (QED) is 0.729. The summed E-state index contributed by atoms with van der Waals surface area (Å²) >= 11 is 0. The molecule has 1 saturated heterocycles. The van der Waals surface area contributed by atoms with Crippen molar-refractivity contribution in [2.45, 2.75) is 18.9 Å². The first-order valence-corrected chi connectivity index (χ1v) is 4.93. The van der Waals surface area contributed by atoms with Gasteiger partial charge >= 0.3 is 0 Å². The van der Waals surface area contributed by atoms with Crippen LogP contribution in [-0.4, -0.2) is 24.2 Å². The van der Waals surface area contributed by atoms with E-state index in [0.29, 0.717) is 17.7 Å². The van der Waals surface area contributed by atoms with Gasteiger partial charge in [-0.15, -0.1) is 0 Å². The summed E-state index contributed by atoms with van der Waals surface area (Å²) in [5.41, 5.74) is 6.20. The molecule has 0 unspecified atom stereocenters. The van der Waals surface area contributed by atoms with Crippen LogP contribution >= 0.6 is 0 Å². The Labute approximate surface area is 83.5 Å². The monoisotopic (exact) mass is 193 g/mol. The van der Waals surface area contributed by atoms with E-state index in [1.54, 1.807) is 6.20 Å². The molecule has 2 heterocycles. The van der Waals surface area contributed by atoms with Gasteiger partial charge in [-0.2, -0.15) is 0 Å². The Morgan fingerprint density at radius 1 is 1.36 bits per heavy atom. The van der Waals surface area contributed by atoms with E-state index in [1.165, 1.54) is 0 Å². The fourth-order valence-electron chi connectivity index (χ4n) is 1.55. The number of pyridine rings is 1. The van der Waals surface area contributed by atoms with E-state index in [4.69, 9.17) is 10.5 Å². The van der Waals surface area contributed by atoms with Crippen LogP contribution < -0.4 is 15.8 Å². The highest BCUT2D eigenvalue weighted by molar-refractivity contribution is 5.35. The lowest BCUT2D eigenvalue weighted by molar-refractivity contribution is 0.156. The predicted octanol–water partition coefficient (Wildman–Crippen LogP) is 0.795. The van der Waals surface area contributed by atoms with Crippen LogP contribution in [0.2, 0.25) is 0 Å². The van der Waals surface area contributed by atoms with Gasteiger partial charge in [-0.3, -0.25) is 0 Å². The van der Waals surface area contributed by atoms with Crippen LogP contribution in [0.15, 0.2) is 18.3 Å². The van der Waals surface area contributed by atoms with Crippen molar-refractivity contribution in [2.75, 3.05) is 18.8 Å². The molecule has 0 aliphatic carbocycles. The standard InChI is InChI=1S/C10H15N3O/c11-8-1-2-10(13-7-8)14-9-3-5-12-6-4-9/h1-2,7,9,12H,3-6,11H2. The lowest BCUT2D eigenvalue weighted by atomic mass is 10.1. The number of nitrogens with two attached hydrogens (primary N) is 1. The van der Waals surface area contributed by atoms with Crippen molar-refractivity contribution < 1.29 is 4.74 Å². The van der Waals surface area contributed by atoms with E-state index >= 15 is 0 Å². The highest BCUT2D eigenvalue weighted by Gasteiger charge is 2.14. The van der Waals surface area contributed by atoms with Gasteiger partial charge in [0.1, 0.15) is 6.10 Å². The molecule has 1 aliphatic heterocycles. The minimum absolute atomic E-state index is 0.298. The summed E-state index contributed by atoms with van der Waals surface area (Å²) in [4.78, 5) is 4.10. The molecule has 0 atom stereocenters. The third kappa shape index (κ3) is 2.35. The average molecular weight is 193 g/mol. The fraction of sp³-hybridized carbons (Fsp3) is 0.500. The smallest absolute Gasteiger partial charge is 0.213 e. The molecular formula is C10H15N3O. The van der Waals surface area contributed by atoms with E-state index in [-0.39, 0.29) is 0 Å². The first kappa shape index (κ1) is 9.27. The van der Waals surface area contributed by atoms with Crippen LogP contribution in [0.3, 0.4) is 0 Å². The van der Waals surface area contributed by atoms with Gasteiger partial charge in [0.2, 0.25) is 5.88 Å². The molecule has 1 aliphatic rings. The first-order chi connectivity index (χ1) is 6.84. The summed E-state index contributed by atoms with van der Waals surface area (Å²) < 4.78 is 5.70. The number of piperidine rings is 1. The van der Waals surface area contributed by atoms with Crippen LogP contribution in [0.5, 0.6) is 5.88 Å². The number of hydrogen-bond acceptors (Lipinski definition) is 4. The Balaban J connectivity index is 1.92. The molecule has 0 amide bonds. The highest BCUT2D eigenvalue weighted by Crippen LogP contribution is 2.14. The predicted molar refractivity (Wildman–Crippen MR) is 55.2 cm³/mol. The average Bonchev–Trinajstić information content (AvgIpc) is 2.23. The summed E-state index contributed by atoms with van der Waals surface area (Å²) in [6.45, 7) is 2.05. The summed E-state index contributed by atoms with van der Waals surface area (Å²) in [5, 5.41) is 3.29. The number of ether oxygens (including phenoxy) is 1. The molecule has 1 fully saturated rings. The summed E-state index contributed by atoms with van der Waals surface area (Å²) in [6.07, 6.45) is 4.02. The van der Waals surface area contributed by atoms with Gasteiger partial charge in [-0.05, 0) is 32.0 Å². The second-order valence-corrected chi connectivity index (χ2v) is 3.50. The molecular weight excluding hydrogens is 178 g/mol. The topological polar surface area (TPSA) is 60.2 Å². The van der Waals surface area contributed by atoms with Crippen LogP contribution in [0.4, 0.5) is 5.69 Å². The SMILES string of the molecule is Nc1ccc(OC2CCNCC2)nc1. The van der Waals surface area contributed by atoms with E-state index in [2.05, 4.69) is 10.3 Å². The number of aromatic nitrogens is 1. The lowest BCUT2D eigenvalue weighted by Crippen LogP contribution is -2.34. The van der Waals surface area contributed by atoms with E-state index in [0.717, 1.165) is 25.9 Å². The van der Waals surface area contributed by atoms with Crippen molar-refractivity contribution >= 4 is 5.69 Å². The summed E-state index contributed by atoms with van der Waals surface area (Å²) in [6, 6.07) is 3.63. The second-order valence-electron chi connectivity index (χ2n) is 3.50. The molecule has 0 spiro atoms. The largest absolute Gasteiger partial charge is 0.474 e. The Hall–Kier alpha value is -1.29. The normalized spacial score (nSPS) is 18.0. The van der Waals surface area contributed by atoms with Gasteiger partial charge < -0.3 is 15.8 Å². The van der Waals surface area contributed by atoms with Crippen LogP contribution in [0.25, 0.3) is 0 Å². The number of nitrogen functional groups attached to an aromatic ring is 1. The van der Waals surface area contributed by atoms with Gasteiger partial charge in [0.05, 0.1) is 11.9 Å². The number of hydrogen-bond donors (Lipinski definition) is 2. The third-order valence-electron chi connectivity index (χ3n) is 2.33. The van der Waals surface area contributed by atoms with Crippen molar-refractivity contribution in [1.29, 1.82) is 0 Å². The minimum Gasteiger partial charge on any atom is -0.474 e. The maximum atomic E-state index is 5.70. The molecule has 76 valence electrons. The molecule has 0 bridgehead atoms. The summed E-state index contributed by atoms with van der Waals surface area (Å²) in [7, 11) is 0. The van der Waals surface area contributed by atoms with Crippen LogP contribution in [0, 0.1) is 0 Å². The lowest BCUT2D eigenvalue weighted by Gasteiger charge is -2.23. The van der Waals surface area contributed by atoms with Crippen molar-refractivity contribution in [2.24, 2.45) is 0 Å². The number of anilines is 1. The van der Waals surface area contributed by atoms with Crippen molar-refractivity contribution in [3.8, 4) is 5.88 Å². The van der Waals surface area contributed by atoms with Gasteiger partial charge in [-0.1, -0.05) is 0 Å². The Morgan fingerprint density at radius 3 is 2.79 bits per heavy atom. The molecule has 0 radical (unpaired) electrons. The summed E-state index contributed by atoms with van der Waals surface area (Å²) in [5.74, 6) is 0.672. The number of nitrogens with one attached hydrogen (secondary N) is 1. The number of nitrogens with zero attached hydrogens (tertiary/aromatic N) is 1. The Morgan fingerprint density at radius 2 is 2.14 bits per heavy atom. The maximum absolute atomic E-state index is 5.70. The Bertz CT molecular complexity index is 280. The van der Waals surface area contributed by atoms with Crippen molar-refractivity contribution in [3.63, 3.8) is 0 Å². The van der Waals surface area contributed by atoms with Gasteiger partial charge in [0, 0.05) is 6.07 Å². The minimum atomic E-state index is 0.298. The van der Waals surface area contributed by atoms with Gasteiger partial charge in [0.25, 0.3) is 0 Å². The zero-order chi connectivity index (χ0) is 9.80. The molecule has 4 heteroatoms. The van der Waals surface area contributed by atoms with Crippen LogP contribution in [0.1, 0.15) is 12.8 Å². The number of rotatable bonds is 2. The van der Waals surface area contributed by atoms with Gasteiger partial charge in [0.15, 0.2) is 0 Å². The molecule has 0 aromatic carbocycles. The molecule has 1 aromatic heterocycles. The molecule has 2 rings (SSSR count). The zero-order valence-electron chi connectivity index (χ0n) is 8.07. The second kappa shape index (κ2) is 4.28. The molecule has 1 aromatic rings. The molecule has 0 saturated carbocycles. The Kier molecular flexibility index (Phi) is 2.84. The molecule has 3 N–H and O–H groups in total. The van der Waals surface area contributed by atoms with Gasteiger partial charge in [-0.25, -0.2) is 4.98 Å². The fourth-order valence-corrected chi connectivity index (χ4v) is 1.55. The van der Waals surface area contributed by atoms with E-state index in [9.17, 15) is 0 Å². The first-order valence-electron chi connectivity index (χ1n) is 4.93. The van der Waals surface area contributed by atoms with E-state index in [1.807, 2.05) is 12.1 Å². The van der Waals surface area contributed by atoms with Crippen molar-refractivity contribution in [1.82, 2.24) is 10.3 Å². The highest BCUT2D eigenvalue weighted by atomic mass is 16.5. The van der Waals surface area contributed by atoms with E-state index < -0.39 is 0 Å². The zero-order valence-corrected chi connectivity index (χ0v) is 8.07. The maximum Gasteiger partial charge on any atom is 0.213 e. The molecule has 14 heavy (non-hydrogen) atoms. The van der Waals surface area contributed by atoms with Crippen LogP contribution in [-0.2, 0) is 0 Å².